The van der Waals surface area contributed by atoms with Gasteiger partial charge >= 0.3 is 0 Å². The molecule has 0 unspecified atom stereocenters. The molecule has 0 radical (unpaired) electrons. The fourth-order valence-electron chi connectivity index (χ4n) is 3.85. The molecule has 0 saturated carbocycles. The SMILES string of the molecule is Cc1cccc(C)c1NC(=O)c1c(NC(=O)c2ccccc2)sc2c1CCCC2. The van der Waals surface area contributed by atoms with Gasteiger partial charge < -0.3 is 10.6 Å². The average Bonchev–Trinajstić information content (AvgIpc) is 3.09. The van der Waals surface area contributed by atoms with Gasteiger partial charge in [-0.2, -0.15) is 0 Å². The van der Waals surface area contributed by atoms with E-state index in [1.807, 2.05) is 50.2 Å². The number of benzene rings is 2. The van der Waals surface area contributed by atoms with Crippen LogP contribution in [0.2, 0.25) is 0 Å². The molecule has 0 spiro atoms. The van der Waals surface area contributed by atoms with Crippen molar-refractivity contribution in [3.05, 3.63) is 81.2 Å². The Hall–Kier alpha value is -2.92. The van der Waals surface area contributed by atoms with E-state index < -0.39 is 0 Å². The van der Waals surface area contributed by atoms with Crippen LogP contribution in [0.4, 0.5) is 10.7 Å². The minimum atomic E-state index is -0.190. The maximum absolute atomic E-state index is 13.3. The minimum absolute atomic E-state index is 0.148. The van der Waals surface area contributed by atoms with Gasteiger partial charge in [0.2, 0.25) is 0 Å². The van der Waals surface area contributed by atoms with Gasteiger partial charge in [-0.15, -0.1) is 11.3 Å². The molecule has 0 atom stereocenters. The molecule has 148 valence electrons. The van der Waals surface area contributed by atoms with Crippen LogP contribution in [0.5, 0.6) is 0 Å². The van der Waals surface area contributed by atoms with Gasteiger partial charge in [-0.05, 0) is 68.4 Å². The number of carbonyl (C=O) groups is 2. The van der Waals surface area contributed by atoms with Gasteiger partial charge in [-0.1, -0.05) is 36.4 Å². The summed E-state index contributed by atoms with van der Waals surface area (Å²) in [6.45, 7) is 3.98. The molecular weight excluding hydrogens is 380 g/mol. The van der Waals surface area contributed by atoms with E-state index in [2.05, 4.69) is 10.6 Å². The van der Waals surface area contributed by atoms with Crippen molar-refractivity contribution in [3.8, 4) is 0 Å². The van der Waals surface area contributed by atoms with Crippen molar-refractivity contribution in [1.82, 2.24) is 0 Å². The molecule has 1 heterocycles. The Bertz CT molecular complexity index is 1050. The van der Waals surface area contributed by atoms with Gasteiger partial charge in [0.05, 0.1) is 5.56 Å². The van der Waals surface area contributed by atoms with Gasteiger partial charge in [-0.3, -0.25) is 9.59 Å². The number of amides is 2. The Morgan fingerprint density at radius 3 is 2.24 bits per heavy atom. The molecule has 0 saturated heterocycles. The topological polar surface area (TPSA) is 58.2 Å². The summed E-state index contributed by atoms with van der Waals surface area (Å²) in [5, 5.41) is 6.75. The third kappa shape index (κ3) is 3.96. The Labute approximate surface area is 175 Å². The lowest BCUT2D eigenvalue weighted by Crippen LogP contribution is -2.19. The third-order valence-corrected chi connectivity index (χ3v) is 6.59. The molecule has 0 fully saturated rings. The van der Waals surface area contributed by atoms with Crippen molar-refractivity contribution in [2.75, 3.05) is 10.6 Å². The number of nitrogens with one attached hydrogen (secondary N) is 2. The van der Waals surface area contributed by atoms with Crippen LogP contribution in [0.1, 0.15) is 55.1 Å². The number of hydrogen-bond acceptors (Lipinski definition) is 3. The van der Waals surface area contributed by atoms with Crippen molar-refractivity contribution >= 4 is 33.8 Å². The van der Waals surface area contributed by atoms with Crippen LogP contribution in [0.3, 0.4) is 0 Å². The molecule has 3 aromatic rings. The van der Waals surface area contributed by atoms with E-state index in [0.29, 0.717) is 16.1 Å². The number of carbonyl (C=O) groups excluding carboxylic acids is 2. The maximum Gasteiger partial charge on any atom is 0.258 e. The summed E-state index contributed by atoms with van der Waals surface area (Å²) in [5.41, 5.74) is 5.19. The van der Waals surface area contributed by atoms with Crippen molar-refractivity contribution in [1.29, 1.82) is 0 Å². The average molecular weight is 405 g/mol. The van der Waals surface area contributed by atoms with Gasteiger partial charge in [0.1, 0.15) is 5.00 Å². The highest BCUT2D eigenvalue weighted by Crippen LogP contribution is 2.39. The zero-order valence-corrected chi connectivity index (χ0v) is 17.5. The number of para-hydroxylation sites is 1. The fourth-order valence-corrected chi connectivity index (χ4v) is 5.13. The number of rotatable bonds is 4. The molecule has 0 aliphatic heterocycles. The summed E-state index contributed by atoms with van der Waals surface area (Å²) >= 11 is 1.54. The third-order valence-electron chi connectivity index (χ3n) is 5.38. The van der Waals surface area contributed by atoms with Crippen molar-refractivity contribution in [2.45, 2.75) is 39.5 Å². The summed E-state index contributed by atoms with van der Waals surface area (Å²) in [5.74, 6) is -0.338. The summed E-state index contributed by atoms with van der Waals surface area (Å²) in [6, 6.07) is 15.1. The summed E-state index contributed by atoms with van der Waals surface area (Å²) in [6.07, 6.45) is 4.03. The number of fused-ring (bicyclic) bond motifs is 1. The molecular formula is C24H24N2O2S. The van der Waals surface area contributed by atoms with Crippen LogP contribution in [-0.4, -0.2) is 11.8 Å². The number of thiophene rings is 1. The van der Waals surface area contributed by atoms with E-state index in [-0.39, 0.29) is 11.8 Å². The van der Waals surface area contributed by atoms with Crippen LogP contribution in [0.15, 0.2) is 48.5 Å². The van der Waals surface area contributed by atoms with Crippen LogP contribution in [0.25, 0.3) is 0 Å². The van der Waals surface area contributed by atoms with E-state index in [9.17, 15) is 9.59 Å². The van der Waals surface area contributed by atoms with Crippen LogP contribution >= 0.6 is 11.3 Å². The molecule has 1 aromatic heterocycles. The van der Waals surface area contributed by atoms with E-state index in [0.717, 1.165) is 48.1 Å². The van der Waals surface area contributed by atoms with E-state index in [1.165, 1.54) is 16.2 Å². The molecule has 4 nitrogen and oxygen atoms in total. The molecule has 1 aliphatic carbocycles. The van der Waals surface area contributed by atoms with Gasteiger partial charge in [0.15, 0.2) is 0 Å². The van der Waals surface area contributed by atoms with E-state index in [4.69, 9.17) is 0 Å². The molecule has 5 heteroatoms. The van der Waals surface area contributed by atoms with Crippen LogP contribution in [-0.2, 0) is 12.8 Å². The predicted molar refractivity (Wildman–Crippen MR) is 119 cm³/mol. The van der Waals surface area contributed by atoms with Gasteiger partial charge in [0.25, 0.3) is 11.8 Å². The highest BCUT2D eigenvalue weighted by atomic mass is 32.1. The second-order valence-electron chi connectivity index (χ2n) is 7.46. The van der Waals surface area contributed by atoms with Crippen LogP contribution < -0.4 is 10.6 Å². The zero-order chi connectivity index (χ0) is 20.4. The number of aryl methyl sites for hydroxylation is 3. The lowest BCUT2D eigenvalue weighted by molar-refractivity contribution is 0.102. The minimum Gasteiger partial charge on any atom is -0.321 e. The Kier molecular flexibility index (Phi) is 5.49. The molecule has 2 aromatic carbocycles. The quantitative estimate of drug-likeness (QED) is 0.582. The van der Waals surface area contributed by atoms with Crippen molar-refractivity contribution in [3.63, 3.8) is 0 Å². The number of hydrogen-bond donors (Lipinski definition) is 2. The molecule has 0 bridgehead atoms. The van der Waals surface area contributed by atoms with Crippen molar-refractivity contribution in [2.24, 2.45) is 0 Å². The van der Waals surface area contributed by atoms with E-state index >= 15 is 0 Å². The van der Waals surface area contributed by atoms with Crippen molar-refractivity contribution < 1.29 is 9.59 Å². The molecule has 1 aliphatic rings. The highest BCUT2D eigenvalue weighted by Gasteiger charge is 2.27. The first-order valence-corrected chi connectivity index (χ1v) is 10.7. The Morgan fingerprint density at radius 1 is 0.828 bits per heavy atom. The summed E-state index contributed by atoms with van der Waals surface area (Å²) in [4.78, 5) is 27.3. The van der Waals surface area contributed by atoms with E-state index in [1.54, 1.807) is 12.1 Å². The lowest BCUT2D eigenvalue weighted by atomic mass is 9.95. The normalized spacial score (nSPS) is 12.9. The molecule has 4 rings (SSSR count). The smallest absolute Gasteiger partial charge is 0.258 e. The first kappa shape index (κ1) is 19.4. The standard InChI is InChI=1S/C24H24N2O2S/c1-15-9-8-10-16(2)21(15)25-23(28)20-18-13-6-7-14-19(18)29-24(20)26-22(27)17-11-4-3-5-12-17/h3-5,8-12H,6-7,13-14H2,1-2H3,(H,25,28)(H,26,27). The lowest BCUT2D eigenvalue weighted by Gasteiger charge is -2.15. The van der Waals surface area contributed by atoms with Gasteiger partial charge in [-0.25, -0.2) is 0 Å². The Morgan fingerprint density at radius 2 is 1.52 bits per heavy atom. The largest absolute Gasteiger partial charge is 0.321 e. The zero-order valence-electron chi connectivity index (χ0n) is 16.7. The molecule has 2 N–H and O–H groups in total. The second-order valence-corrected chi connectivity index (χ2v) is 8.56. The van der Waals surface area contributed by atoms with Gasteiger partial charge in [0, 0.05) is 16.1 Å². The summed E-state index contributed by atoms with van der Waals surface area (Å²) < 4.78 is 0. The predicted octanol–water partition coefficient (Wildman–Crippen LogP) is 5.75. The first-order valence-electron chi connectivity index (χ1n) is 9.93. The first-order chi connectivity index (χ1) is 14.0. The highest BCUT2D eigenvalue weighted by molar-refractivity contribution is 7.17. The monoisotopic (exact) mass is 404 g/mol. The second kappa shape index (κ2) is 8.21. The molecule has 29 heavy (non-hydrogen) atoms. The fraction of sp³-hybridized carbons (Fsp3) is 0.250. The Balaban J connectivity index is 1.69. The molecule has 2 amide bonds. The summed E-state index contributed by atoms with van der Waals surface area (Å²) in [7, 11) is 0. The number of anilines is 2. The maximum atomic E-state index is 13.3. The van der Waals surface area contributed by atoms with Crippen LogP contribution in [0, 0.1) is 13.8 Å².